The van der Waals surface area contributed by atoms with Crippen LogP contribution in [0.5, 0.6) is 5.75 Å². The van der Waals surface area contributed by atoms with Gasteiger partial charge in [-0.2, -0.15) is 13.2 Å². The van der Waals surface area contributed by atoms with E-state index < -0.39 is 24.0 Å². The molecule has 0 radical (unpaired) electrons. The van der Waals surface area contributed by atoms with E-state index in [1.165, 1.54) is 0 Å². The molecule has 3 fully saturated rings. The van der Waals surface area contributed by atoms with Gasteiger partial charge >= 0.3 is 12.1 Å². The summed E-state index contributed by atoms with van der Waals surface area (Å²) in [6.45, 7) is 0. The highest BCUT2D eigenvalue weighted by Crippen LogP contribution is 2.42. The molecule has 0 spiro atoms. The second kappa shape index (κ2) is 9.19. The minimum absolute atomic E-state index is 0.0511. The molecule has 1 aliphatic carbocycles. The Bertz CT molecular complexity index is 1130. The number of aliphatic carboxylic acids is 1. The number of hydrogen-bond donors (Lipinski definition) is 1. The molecule has 0 aromatic heterocycles. The van der Waals surface area contributed by atoms with Crippen molar-refractivity contribution in [3.8, 4) is 5.75 Å². The SMILES string of the molecule is O=C(O)C1CC2CCC(C1)N2C(=O)c1ccc2c(Cl)c(O[C@H]3CC[C@@H](C(F)(F)F)CC3)ccc2c1. The topological polar surface area (TPSA) is 66.8 Å². The molecule has 5 rings (SSSR count). The van der Waals surface area contributed by atoms with Gasteiger partial charge in [-0.1, -0.05) is 23.7 Å². The van der Waals surface area contributed by atoms with E-state index in [1.54, 1.807) is 30.3 Å². The lowest BCUT2D eigenvalue weighted by Gasteiger charge is -2.37. The molecule has 2 aromatic rings. The van der Waals surface area contributed by atoms with E-state index in [4.69, 9.17) is 16.3 Å². The van der Waals surface area contributed by atoms with Crippen molar-refractivity contribution in [2.24, 2.45) is 11.8 Å². The molecule has 3 aliphatic rings. The monoisotopic (exact) mass is 509 g/mol. The number of ether oxygens (including phenoxy) is 1. The fourth-order valence-corrected chi connectivity index (χ4v) is 6.32. The molecule has 2 aliphatic heterocycles. The van der Waals surface area contributed by atoms with Crippen LogP contribution in [0.2, 0.25) is 5.02 Å². The van der Waals surface area contributed by atoms with Gasteiger partial charge in [0.1, 0.15) is 5.75 Å². The molecule has 2 unspecified atom stereocenters. The van der Waals surface area contributed by atoms with Gasteiger partial charge in [0.25, 0.3) is 5.91 Å². The number of carbonyl (C=O) groups excluding carboxylic acids is 1. The van der Waals surface area contributed by atoms with Crippen LogP contribution in [0, 0.1) is 11.8 Å². The zero-order chi connectivity index (χ0) is 24.9. The molecule has 188 valence electrons. The van der Waals surface area contributed by atoms with Gasteiger partial charge in [0.2, 0.25) is 0 Å². The summed E-state index contributed by atoms with van der Waals surface area (Å²) in [6.07, 6.45) is -1.09. The smallest absolute Gasteiger partial charge is 0.391 e. The predicted octanol–water partition coefficient (Wildman–Crippen LogP) is 6.46. The van der Waals surface area contributed by atoms with Crippen molar-refractivity contribution >= 4 is 34.2 Å². The first-order valence-electron chi connectivity index (χ1n) is 12.1. The summed E-state index contributed by atoms with van der Waals surface area (Å²) < 4.78 is 44.7. The maximum absolute atomic E-state index is 13.3. The van der Waals surface area contributed by atoms with Gasteiger partial charge in [-0.05, 0) is 75.0 Å². The van der Waals surface area contributed by atoms with Crippen molar-refractivity contribution in [2.45, 2.75) is 75.7 Å². The molecule has 2 saturated heterocycles. The normalized spacial score (nSPS) is 28.8. The van der Waals surface area contributed by atoms with Crippen LogP contribution < -0.4 is 4.74 Å². The Morgan fingerprint density at radius 3 is 2.23 bits per heavy atom. The fourth-order valence-electron chi connectivity index (χ4n) is 6.04. The molecule has 5 nitrogen and oxygen atoms in total. The first kappa shape index (κ1) is 24.2. The summed E-state index contributed by atoms with van der Waals surface area (Å²) in [7, 11) is 0. The van der Waals surface area contributed by atoms with E-state index in [0.29, 0.717) is 47.4 Å². The maximum atomic E-state index is 13.3. The Kier molecular flexibility index (Phi) is 6.36. The third kappa shape index (κ3) is 4.69. The Balaban J connectivity index is 1.30. The van der Waals surface area contributed by atoms with Crippen LogP contribution in [0.3, 0.4) is 0 Å². The maximum Gasteiger partial charge on any atom is 0.391 e. The van der Waals surface area contributed by atoms with E-state index in [-0.39, 0.29) is 36.9 Å². The van der Waals surface area contributed by atoms with Gasteiger partial charge in [-0.3, -0.25) is 9.59 Å². The van der Waals surface area contributed by atoms with Crippen molar-refractivity contribution in [2.75, 3.05) is 0 Å². The molecule has 35 heavy (non-hydrogen) atoms. The van der Waals surface area contributed by atoms with Crippen molar-refractivity contribution in [3.63, 3.8) is 0 Å². The Labute approximate surface area is 206 Å². The highest BCUT2D eigenvalue weighted by molar-refractivity contribution is 6.37. The van der Waals surface area contributed by atoms with Crippen LogP contribution in [0.1, 0.15) is 61.7 Å². The molecule has 2 heterocycles. The van der Waals surface area contributed by atoms with Crippen LogP contribution in [0.4, 0.5) is 13.2 Å². The number of piperidine rings is 1. The molecule has 2 aromatic carbocycles. The number of nitrogens with zero attached hydrogens (tertiary/aromatic N) is 1. The number of fused-ring (bicyclic) bond motifs is 3. The third-order valence-corrected chi connectivity index (χ3v) is 8.30. The minimum Gasteiger partial charge on any atom is -0.489 e. The number of halogens is 4. The molecular formula is C26H27ClF3NO4. The van der Waals surface area contributed by atoms with E-state index in [2.05, 4.69) is 0 Å². The number of rotatable bonds is 4. The standard InChI is InChI=1S/C26H27ClF3NO4/c27-23-21-9-1-15(24(32)31-18-5-6-19(31)13-16(12-18)25(33)34)11-14(21)2-10-22(23)35-20-7-3-17(4-8-20)26(28,29)30/h1-2,9-11,16-20H,3-8,12-13H2,(H,33,34)/t16?,17-,18?,19?,20+. The first-order valence-corrected chi connectivity index (χ1v) is 12.5. The van der Waals surface area contributed by atoms with Crippen LogP contribution in [-0.2, 0) is 4.79 Å². The zero-order valence-electron chi connectivity index (χ0n) is 19.1. The largest absolute Gasteiger partial charge is 0.489 e. The number of alkyl halides is 3. The van der Waals surface area contributed by atoms with Gasteiger partial charge in [-0.15, -0.1) is 0 Å². The van der Waals surface area contributed by atoms with Crippen molar-refractivity contribution in [3.05, 3.63) is 40.9 Å². The summed E-state index contributed by atoms with van der Waals surface area (Å²) >= 11 is 6.59. The molecule has 2 atom stereocenters. The summed E-state index contributed by atoms with van der Waals surface area (Å²) in [5.41, 5.74) is 0.526. The molecule has 1 saturated carbocycles. The first-order chi connectivity index (χ1) is 16.6. The van der Waals surface area contributed by atoms with Crippen molar-refractivity contribution in [1.29, 1.82) is 0 Å². The highest BCUT2D eigenvalue weighted by atomic mass is 35.5. The summed E-state index contributed by atoms with van der Waals surface area (Å²) in [6, 6.07) is 8.68. The minimum atomic E-state index is -4.16. The van der Waals surface area contributed by atoms with Gasteiger partial charge < -0.3 is 14.7 Å². The van der Waals surface area contributed by atoms with Crippen molar-refractivity contribution in [1.82, 2.24) is 4.90 Å². The molecule has 1 amide bonds. The number of amides is 1. The van der Waals surface area contributed by atoms with E-state index in [9.17, 15) is 27.9 Å². The second-order valence-corrected chi connectivity index (χ2v) is 10.4. The van der Waals surface area contributed by atoms with Gasteiger partial charge in [0, 0.05) is 23.0 Å². The number of benzene rings is 2. The molecule has 9 heteroatoms. The lowest BCUT2D eigenvalue weighted by molar-refractivity contribution is -0.185. The van der Waals surface area contributed by atoms with Crippen LogP contribution in [0.25, 0.3) is 10.8 Å². The highest BCUT2D eigenvalue weighted by Gasteiger charge is 2.45. The van der Waals surface area contributed by atoms with Crippen LogP contribution in [0.15, 0.2) is 30.3 Å². The number of hydrogen-bond acceptors (Lipinski definition) is 3. The Morgan fingerprint density at radius 2 is 1.63 bits per heavy atom. The van der Waals surface area contributed by atoms with E-state index >= 15 is 0 Å². The zero-order valence-corrected chi connectivity index (χ0v) is 19.8. The van der Waals surface area contributed by atoms with Gasteiger partial charge in [0.15, 0.2) is 0 Å². The Hall–Kier alpha value is -2.48. The number of carboxylic acids is 1. The van der Waals surface area contributed by atoms with Gasteiger partial charge in [-0.25, -0.2) is 0 Å². The summed E-state index contributed by atoms with van der Waals surface area (Å²) in [5.74, 6) is -2.12. The third-order valence-electron chi connectivity index (χ3n) is 7.91. The molecule has 2 bridgehead atoms. The molecular weight excluding hydrogens is 483 g/mol. The van der Waals surface area contributed by atoms with Crippen molar-refractivity contribution < 1.29 is 32.6 Å². The van der Waals surface area contributed by atoms with E-state index in [0.717, 1.165) is 18.2 Å². The van der Waals surface area contributed by atoms with E-state index in [1.807, 2.05) is 4.90 Å². The lowest BCUT2D eigenvalue weighted by atomic mass is 9.87. The molecule has 1 N–H and O–H groups in total. The number of carboxylic acid groups (broad SMARTS) is 1. The number of carbonyl (C=O) groups is 2. The van der Waals surface area contributed by atoms with Crippen LogP contribution in [-0.4, -0.2) is 46.2 Å². The van der Waals surface area contributed by atoms with Crippen LogP contribution >= 0.6 is 11.6 Å². The summed E-state index contributed by atoms with van der Waals surface area (Å²) in [4.78, 5) is 26.6. The van der Waals surface area contributed by atoms with Gasteiger partial charge in [0.05, 0.1) is 23.0 Å². The fraction of sp³-hybridized carbons (Fsp3) is 0.538. The Morgan fingerprint density at radius 1 is 0.971 bits per heavy atom. The average Bonchev–Trinajstić information content (AvgIpc) is 3.08. The average molecular weight is 510 g/mol. The summed E-state index contributed by atoms with van der Waals surface area (Å²) in [5, 5.41) is 11.2. The quantitative estimate of drug-likeness (QED) is 0.513. The predicted molar refractivity (Wildman–Crippen MR) is 125 cm³/mol. The second-order valence-electron chi connectivity index (χ2n) is 10.1. The lowest BCUT2D eigenvalue weighted by Crippen LogP contribution is -2.47.